The lowest BCUT2D eigenvalue weighted by Gasteiger charge is -2.11. The maximum atomic E-state index is 11.3. The van der Waals surface area contributed by atoms with Crippen molar-refractivity contribution in [3.05, 3.63) is 53.2 Å². The first-order valence-corrected chi connectivity index (χ1v) is 6.53. The second-order valence-electron chi connectivity index (χ2n) is 4.93. The average Bonchev–Trinajstić information content (AvgIpc) is 3.09. The number of rotatable bonds is 2. The van der Waals surface area contributed by atoms with E-state index in [9.17, 15) is 9.90 Å². The van der Waals surface area contributed by atoms with Gasteiger partial charge in [-0.15, -0.1) is 0 Å². The van der Waals surface area contributed by atoms with E-state index in [4.69, 9.17) is 4.42 Å². The number of aromatic carboxylic acids is 1. The van der Waals surface area contributed by atoms with E-state index >= 15 is 0 Å². The summed E-state index contributed by atoms with van der Waals surface area (Å²) in [5.74, 6) is -0.909. The Hall–Kier alpha value is -2.89. The van der Waals surface area contributed by atoms with Gasteiger partial charge in [-0.3, -0.25) is 0 Å². The topological polar surface area (TPSA) is 79.5 Å². The zero-order valence-electron chi connectivity index (χ0n) is 11.0. The number of hydrogen-bond donors (Lipinski definition) is 1. The van der Waals surface area contributed by atoms with E-state index in [-0.39, 0.29) is 0 Å². The molecular formula is C15H11N3O3. The van der Waals surface area contributed by atoms with Crippen LogP contribution < -0.4 is 4.90 Å². The zero-order chi connectivity index (χ0) is 14.4. The van der Waals surface area contributed by atoms with Crippen LogP contribution in [0.15, 0.2) is 40.9 Å². The molecule has 104 valence electrons. The van der Waals surface area contributed by atoms with Gasteiger partial charge in [0, 0.05) is 19.3 Å². The molecule has 0 bridgehead atoms. The Bertz CT molecular complexity index is 823. The second kappa shape index (κ2) is 4.31. The summed E-state index contributed by atoms with van der Waals surface area (Å²) in [5, 5.41) is 9.25. The maximum absolute atomic E-state index is 11.3. The van der Waals surface area contributed by atoms with Crippen LogP contribution in [0.3, 0.4) is 0 Å². The van der Waals surface area contributed by atoms with E-state index in [1.807, 2.05) is 17.0 Å². The molecule has 3 heterocycles. The van der Waals surface area contributed by atoms with Crippen molar-refractivity contribution in [1.29, 1.82) is 0 Å². The molecule has 4 rings (SSSR count). The van der Waals surface area contributed by atoms with Crippen molar-refractivity contribution >= 4 is 23.2 Å². The molecular weight excluding hydrogens is 270 g/mol. The van der Waals surface area contributed by atoms with Gasteiger partial charge in [-0.2, -0.15) is 4.98 Å². The Morgan fingerprint density at radius 2 is 2.14 bits per heavy atom. The number of nitrogens with zero attached hydrogens (tertiary/aromatic N) is 3. The van der Waals surface area contributed by atoms with Crippen molar-refractivity contribution in [1.82, 2.24) is 9.97 Å². The lowest BCUT2D eigenvalue weighted by Crippen LogP contribution is -2.15. The summed E-state index contributed by atoms with van der Waals surface area (Å²) in [6.45, 7) is 1.06. The van der Waals surface area contributed by atoms with Crippen LogP contribution in [-0.4, -0.2) is 21.0 Å². The number of pyridine rings is 1. The number of benzene rings is 1. The first kappa shape index (κ1) is 11.9. The van der Waals surface area contributed by atoms with Gasteiger partial charge in [0.05, 0.1) is 5.56 Å². The van der Waals surface area contributed by atoms with Crippen LogP contribution in [0, 0.1) is 0 Å². The molecule has 2 aromatic heterocycles. The third-order valence-electron chi connectivity index (χ3n) is 3.64. The molecule has 1 N–H and O–H groups in total. The number of fused-ring (bicyclic) bond motifs is 2. The molecule has 0 atom stereocenters. The van der Waals surface area contributed by atoms with Crippen LogP contribution in [0.2, 0.25) is 0 Å². The standard InChI is InChI=1S/C15H11N3O3/c19-14(20)10-4-1-3-9-7-18(8-11(9)10)15-17-13-12(21-15)5-2-6-16-13/h1-6H,7-8H2,(H,19,20). The average molecular weight is 281 g/mol. The van der Waals surface area contributed by atoms with E-state index in [2.05, 4.69) is 9.97 Å². The minimum absolute atomic E-state index is 0.337. The number of aromatic nitrogens is 2. The first-order chi connectivity index (χ1) is 10.2. The van der Waals surface area contributed by atoms with Gasteiger partial charge >= 0.3 is 12.0 Å². The predicted molar refractivity (Wildman–Crippen MR) is 75.1 cm³/mol. The minimum atomic E-state index is -0.909. The monoisotopic (exact) mass is 281 g/mol. The van der Waals surface area contributed by atoms with Gasteiger partial charge in [0.2, 0.25) is 5.65 Å². The quantitative estimate of drug-likeness (QED) is 0.777. The van der Waals surface area contributed by atoms with E-state index < -0.39 is 5.97 Å². The molecule has 0 saturated heterocycles. The lowest BCUT2D eigenvalue weighted by molar-refractivity contribution is 0.0696. The molecule has 6 heteroatoms. The summed E-state index contributed by atoms with van der Waals surface area (Å²) in [6, 6.07) is 9.39. The molecule has 0 radical (unpaired) electrons. The Morgan fingerprint density at radius 1 is 1.24 bits per heavy atom. The van der Waals surface area contributed by atoms with Crippen LogP contribution in [0.5, 0.6) is 0 Å². The van der Waals surface area contributed by atoms with E-state index in [1.54, 1.807) is 24.4 Å². The normalized spacial score (nSPS) is 13.6. The molecule has 1 aliphatic rings. The maximum Gasteiger partial charge on any atom is 0.336 e. The fourth-order valence-corrected chi connectivity index (χ4v) is 2.65. The highest BCUT2D eigenvalue weighted by Crippen LogP contribution is 2.31. The Morgan fingerprint density at radius 3 is 2.95 bits per heavy atom. The van der Waals surface area contributed by atoms with Gasteiger partial charge in [-0.05, 0) is 29.3 Å². The van der Waals surface area contributed by atoms with Crippen molar-refractivity contribution in [3.8, 4) is 0 Å². The fourth-order valence-electron chi connectivity index (χ4n) is 2.65. The molecule has 0 aliphatic carbocycles. The molecule has 6 nitrogen and oxygen atoms in total. The van der Waals surface area contributed by atoms with Gasteiger partial charge in [0.1, 0.15) is 0 Å². The van der Waals surface area contributed by atoms with Crippen LogP contribution >= 0.6 is 0 Å². The first-order valence-electron chi connectivity index (χ1n) is 6.53. The van der Waals surface area contributed by atoms with E-state index in [1.165, 1.54) is 0 Å². The summed E-state index contributed by atoms with van der Waals surface area (Å²) in [4.78, 5) is 21.7. The molecule has 0 unspecified atom stereocenters. The summed E-state index contributed by atoms with van der Waals surface area (Å²) >= 11 is 0. The van der Waals surface area contributed by atoms with Crippen LogP contribution in [0.4, 0.5) is 6.01 Å². The number of carbonyl (C=O) groups is 1. The van der Waals surface area contributed by atoms with Gasteiger partial charge < -0.3 is 14.4 Å². The SMILES string of the molecule is O=C(O)c1cccc2c1CN(c1nc3ncccc3o1)C2. The number of oxazole rings is 1. The summed E-state index contributed by atoms with van der Waals surface area (Å²) in [6.07, 6.45) is 1.66. The molecule has 0 amide bonds. The van der Waals surface area contributed by atoms with Crippen molar-refractivity contribution in [2.45, 2.75) is 13.1 Å². The van der Waals surface area contributed by atoms with E-state index in [0.29, 0.717) is 35.9 Å². The fraction of sp³-hybridized carbons (Fsp3) is 0.133. The van der Waals surface area contributed by atoms with Gasteiger partial charge in [-0.1, -0.05) is 12.1 Å². The summed E-state index contributed by atoms with van der Waals surface area (Å²) in [5.41, 5.74) is 3.33. The predicted octanol–water partition coefficient (Wildman–Crippen LogP) is 2.44. The van der Waals surface area contributed by atoms with Crippen molar-refractivity contribution < 1.29 is 14.3 Å². The number of anilines is 1. The third-order valence-corrected chi connectivity index (χ3v) is 3.64. The number of carboxylic acid groups (broad SMARTS) is 1. The highest BCUT2D eigenvalue weighted by molar-refractivity contribution is 5.90. The van der Waals surface area contributed by atoms with E-state index in [0.717, 1.165) is 11.1 Å². The smallest absolute Gasteiger partial charge is 0.336 e. The van der Waals surface area contributed by atoms with Gasteiger partial charge in [0.25, 0.3) is 0 Å². The Labute approximate surface area is 119 Å². The number of carboxylic acids is 1. The largest absolute Gasteiger partial charge is 0.478 e. The second-order valence-corrected chi connectivity index (χ2v) is 4.93. The highest BCUT2D eigenvalue weighted by Gasteiger charge is 2.27. The van der Waals surface area contributed by atoms with Crippen molar-refractivity contribution in [3.63, 3.8) is 0 Å². The molecule has 0 fully saturated rings. The van der Waals surface area contributed by atoms with Crippen molar-refractivity contribution in [2.24, 2.45) is 0 Å². The van der Waals surface area contributed by atoms with Crippen LogP contribution in [0.1, 0.15) is 21.5 Å². The molecule has 1 aromatic carbocycles. The molecule has 1 aliphatic heterocycles. The molecule has 21 heavy (non-hydrogen) atoms. The minimum Gasteiger partial charge on any atom is -0.478 e. The van der Waals surface area contributed by atoms with Gasteiger partial charge in [-0.25, -0.2) is 9.78 Å². The summed E-state index contributed by atoms with van der Waals surface area (Å²) in [7, 11) is 0. The Kier molecular flexibility index (Phi) is 2.44. The third kappa shape index (κ3) is 1.84. The number of hydrogen-bond acceptors (Lipinski definition) is 5. The molecule has 3 aromatic rings. The zero-order valence-corrected chi connectivity index (χ0v) is 11.0. The summed E-state index contributed by atoms with van der Waals surface area (Å²) < 4.78 is 5.69. The van der Waals surface area contributed by atoms with Crippen molar-refractivity contribution in [2.75, 3.05) is 4.90 Å². The molecule has 0 saturated carbocycles. The highest BCUT2D eigenvalue weighted by atomic mass is 16.4. The van der Waals surface area contributed by atoms with Crippen LogP contribution in [-0.2, 0) is 13.1 Å². The lowest BCUT2D eigenvalue weighted by atomic mass is 10.0. The van der Waals surface area contributed by atoms with Crippen LogP contribution in [0.25, 0.3) is 11.2 Å². The Balaban J connectivity index is 1.73. The van der Waals surface area contributed by atoms with Gasteiger partial charge in [0.15, 0.2) is 5.58 Å². The molecule has 0 spiro atoms.